The first-order valence-corrected chi connectivity index (χ1v) is 8.45. The number of hydrogen-bond donors (Lipinski definition) is 0. The summed E-state index contributed by atoms with van der Waals surface area (Å²) in [6.07, 6.45) is 1.87. The third kappa shape index (κ3) is 4.00. The highest BCUT2D eigenvalue weighted by atomic mass is 32.2. The quantitative estimate of drug-likeness (QED) is 0.608. The highest BCUT2D eigenvalue weighted by molar-refractivity contribution is 8.26. The fourth-order valence-corrected chi connectivity index (χ4v) is 3.47. The van der Waals surface area contributed by atoms with E-state index in [1.54, 1.807) is 4.90 Å². The molecule has 116 valence electrons. The van der Waals surface area contributed by atoms with E-state index in [1.165, 1.54) is 11.8 Å². The SMILES string of the molecule is O=C1/C(=C/c2ccccc2)SC(=S)N1CCOc1ccccc1. The van der Waals surface area contributed by atoms with Crippen LogP contribution in [0.25, 0.3) is 6.08 Å². The number of thiocarbonyl (C=S) groups is 1. The fourth-order valence-electron chi connectivity index (χ4n) is 2.16. The van der Waals surface area contributed by atoms with Crippen molar-refractivity contribution >= 4 is 40.3 Å². The fraction of sp³-hybridized carbons (Fsp3) is 0.111. The topological polar surface area (TPSA) is 29.5 Å². The predicted octanol–water partition coefficient (Wildman–Crippen LogP) is 3.97. The minimum atomic E-state index is -0.0551. The van der Waals surface area contributed by atoms with Crippen LogP contribution in [0, 0.1) is 0 Å². The average Bonchev–Trinajstić information content (AvgIpc) is 2.84. The van der Waals surface area contributed by atoms with Gasteiger partial charge in [-0.15, -0.1) is 0 Å². The van der Waals surface area contributed by atoms with Gasteiger partial charge in [-0.25, -0.2) is 0 Å². The molecule has 2 aromatic rings. The Morgan fingerprint density at radius 3 is 2.39 bits per heavy atom. The van der Waals surface area contributed by atoms with Crippen molar-refractivity contribution < 1.29 is 9.53 Å². The van der Waals surface area contributed by atoms with Gasteiger partial charge in [-0.05, 0) is 23.8 Å². The molecule has 0 saturated carbocycles. The van der Waals surface area contributed by atoms with E-state index in [0.717, 1.165) is 11.3 Å². The molecule has 1 saturated heterocycles. The maximum Gasteiger partial charge on any atom is 0.266 e. The number of ether oxygens (including phenoxy) is 1. The van der Waals surface area contributed by atoms with Crippen molar-refractivity contribution in [2.75, 3.05) is 13.2 Å². The molecule has 2 aromatic carbocycles. The summed E-state index contributed by atoms with van der Waals surface area (Å²) in [7, 11) is 0. The van der Waals surface area contributed by atoms with Crippen LogP contribution in [0.3, 0.4) is 0 Å². The molecule has 1 amide bonds. The van der Waals surface area contributed by atoms with Crippen LogP contribution in [0.2, 0.25) is 0 Å². The first kappa shape index (κ1) is 15.8. The van der Waals surface area contributed by atoms with Gasteiger partial charge in [-0.3, -0.25) is 9.69 Å². The molecule has 0 radical (unpaired) electrons. The lowest BCUT2D eigenvalue weighted by atomic mass is 10.2. The number of carbonyl (C=O) groups is 1. The molecule has 3 rings (SSSR count). The standard InChI is InChI=1S/C18H15NO2S2/c20-17-16(13-14-7-3-1-4-8-14)23-18(22)19(17)11-12-21-15-9-5-2-6-10-15/h1-10,13H,11-12H2/b16-13-. The van der Waals surface area contributed by atoms with Crippen LogP contribution in [0.15, 0.2) is 65.6 Å². The van der Waals surface area contributed by atoms with E-state index >= 15 is 0 Å². The normalized spacial score (nSPS) is 16.2. The van der Waals surface area contributed by atoms with Gasteiger partial charge >= 0.3 is 0 Å². The van der Waals surface area contributed by atoms with E-state index in [0.29, 0.717) is 22.4 Å². The zero-order chi connectivity index (χ0) is 16.1. The lowest BCUT2D eigenvalue weighted by Gasteiger charge is -2.14. The zero-order valence-corrected chi connectivity index (χ0v) is 14.0. The molecule has 0 atom stereocenters. The van der Waals surface area contributed by atoms with Crippen LogP contribution < -0.4 is 4.74 Å². The molecule has 0 bridgehead atoms. The largest absolute Gasteiger partial charge is 0.492 e. The Bertz CT molecular complexity index is 729. The van der Waals surface area contributed by atoms with Crippen LogP contribution in [-0.2, 0) is 4.79 Å². The van der Waals surface area contributed by atoms with Crippen molar-refractivity contribution in [3.05, 3.63) is 71.1 Å². The predicted molar refractivity (Wildman–Crippen MR) is 98.3 cm³/mol. The van der Waals surface area contributed by atoms with Gasteiger partial charge in [0, 0.05) is 0 Å². The number of rotatable bonds is 5. The van der Waals surface area contributed by atoms with Gasteiger partial charge in [-0.2, -0.15) is 0 Å². The van der Waals surface area contributed by atoms with Crippen molar-refractivity contribution in [2.45, 2.75) is 0 Å². The van der Waals surface area contributed by atoms with Crippen molar-refractivity contribution in [1.29, 1.82) is 0 Å². The number of benzene rings is 2. The molecule has 0 N–H and O–H groups in total. The summed E-state index contributed by atoms with van der Waals surface area (Å²) in [4.78, 5) is 14.7. The molecular formula is C18H15NO2S2. The molecule has 3 nitrogen and oxygen atoms in total. The Morgan fingerprint density at radius 2 is 1.70 bits per heavy atom. The van der Waals surface area contributed by atoms with Gasteiger partial charge in [0.2, 0.25) is 0 Å². The van der Waals surface area contributed by atoms with Crippen LogP contribution in [-0.4, -0.2) is 28.3 Å². The molecule has 0 spiro atoms. The van der Waals surface area contributed by atoms with E-state index in [9.17, 15) is 4.79 Å². The van der Waals surface area contributed by atoms with E-state index in [-0.39, 0.29) is 5.91 Å². The van der Waals surface area contributed by atoms with Crippen LogP contribution in [0.1, 0.15) is 5.56 Å². The molecule has 23 heavy (non-hydrogen) atoms. The second-order valence-corrected chi connectivity index (χ2v) is 6.58. The zero-order valence-electron chi connectivity index (χ0n) is 12.3. The first-order chi connectivity index (χ1) is 11.2. The van der Waals surface area contributed by atoms with Crippen LogP contribution >= 0.6 is 24.0 Å². The monoisotopic (exact) mass is 341 g/mol. The minimum Gasteiger partial charge on any atom is -0.492 e. The molecule has 1 heterocycles. The van der Waals surface area contributed by atoms with Gasteiger partial charge < -0.3 is 4.74 Å². The lowest BCUT2D eigenvalue weighted by Crippen LogP contribution is -2.32. The van der Waals surface area contributed by atoms with Gasteiger partial charge in [0.05, 0.1) is 11.4 Å². The highest BCUT2D eigenvalue weighted by Gasteiger charge is 2.31. The van der Waals surface area contributed by atoms with E-state index in [1.807, 2.05) is 66.7 Å². The summed E-state index contributed by atoms with van der Waals surface area (Å²) < 4.78 is 6.21. The summed E-state index contributed by atoms with van der Waals surface area (Å²) in [5.74, 6) is 0.735. The maximum atomic E-state index is 12.5. The van der Waals surface area contributed by atoms with Crippen molar-refractivity contribution in [1.82, 2.24) is 4.90 Å². The molecule has 0 aromatic heterocycles. The molecule has 0 aliphatic carbocycles. The third-order valence-corrected chi connectivity index (χ3v) is 4.68. The van der Waals surface area contributed by atoms with Crippen molar-refractivity contribution in [3.63, 3.8) is 0 Å². The van der Waals surface area contributed by atoms with Crippen LogP contribution in [0.5, 0.6) is 5.75 Å². The average molecular weight is 341 g/mol. The van der Waals surface area contributed by atoms with E-state index < -0.39 is 0 Å². The number of hydrogen-bond acceptors (Lipinski definition) is 4. The van der Waals surface area contributed by atoms with Gasteiger partial charge in [0.25, 0.3) is 5.91 Å². The van der Waals surface area contributed by atoms with Gasteiger partial charge in [-0.1, -0.05) is 72.5 Å². The Labute approximate surface area is 144 Å². The molecule has 0 unspecified atom stereocenters. The Kier molecular flexibility index (Phi) is 5.10. The third-order valence-electron chi connectivity index (χ3n) is 3.30. The molecular weight excluding hydrogens is 326 g/mol. The minimum absolute atomic E-state index is 0.0551. The van der Waals surface area contributed by atoms with Crippen LogP contribution in [0.4, 0.5) is 0 Å². The van der Waals surface area contributed by atoms with Crippen molar-refractivity contribution in [3.8, 4) is 5.75 Å². The first-order valence-electron chi connectivity index (χ1n) is 7.22. The number of thioether (sulfide) groups is 1. The lowest BCUT2D eigenvalue weighted by molar-refractivity contribution is -0.122. The van der Waals surface area contributed by atoms with E-state index in [4.69, 9.17) is 17.0 Å². The van der Waals surface area contributed by atoms with Gasteiger partial charge in [0.1, 0.15) is 16.7 Å². The second kappa shape index (κ2) is 7.44. The molecule has 1 fully saturated rings. The summed E-state index contributed by atoms with van der Waals surface area (Å²) in [6.45, 7) is 0.862. The summed E-state index contributed by atoms with van der Waals surface area (Å²) >= 11 is 6.65. The summed E-state index contributed by atoms with van der Waals surface area (Å²) in [5.41, 5.74) is 0.994. The maximum absolute atomic E-state index is 12.5. The van der Waals surface area contributed by atoms with Gasteiger partial charge in [0.15, 0.2) is 0 Å². The molecule has 1 aliphatic rings. The Hall–Kier alpha value is -2.11. The highest BCUT2D eigenvalue weighted by Crippen LogP contribution is 2.32. The number of para-hydroxylation sites is 1. The Morgan fingerprint density at radius 1 is 1.04 bits per heavy atom. The van der Waals surface area contributed by atoms with Crippen molar-refractivity contribution in [2.24, 2.45) is 0 Å². The number of nitrogens with zero attached hydrogens (tertiary/aromatic N) is 1. The smallest absolute Gasteiger partial charge is 0.266 e. The number of amides is 1. The van der Waals surface area contributed by atoms with E-state index in [2.05, 4.69) is 0 Å². The second-order valence-electron chi connectivity index (χ2n) is 4.91. The Balaban J connectivity index is 1.62. The molecule has 5 heteroatoms. The number of carbonyl (C=O) groups excluding carboxylic acids is 1. The molecule has 1 aliphatic heterocycles. The summed E-state index contributed by atoms with van der Waals surface area (Å²) in [5, 5.41) is 0. The summed E-state index contributed by atoms with van der Waals surface area (Å²) in [6, 6.07) is 19.3.